The molecular formula is C27H33N3O8S2. The third-order valence-corrected chi connectivity index (χ3v) is 8.80. The summed E-state index contributed by atoms with van der Waals surface area (Å²) in [5.41, 5.74) is 1.57. The molecule has 4 rings (SSSR count). The van der Waals surface area contributed by atoms with E-state index >= 15 is 0 Å². The summed E-state index contributed by atoms with van der Waals surface area (Å²) in [4.78, 5) is 15.9. The Morgan fingerprint density at radius 2 is 1.88 bits per heavy atom. The van der Waals surface area contributed by atoms with E-state index in [0.29, 0.717) is 23.9 Å². The molecule has 0 saturated carbocycles. The summed E-state index contributed by atoms with van der Waals surface area (Å²) in [5.74, 6) is 1.35. The maximum Gasteiger partial charge on any atom is 0.404 e. The smallest absolute Gasteiger partial charge is 0.404 e. The van der Waals surface area contributed by atoms with Gasteiger partial charge in [-0.2, -0.15) is 4.31 Å². The normalized spacial score (nSPS) is 14.3. The third-order valence-electron chi connectivity index (χ3n) is 6.15. The van der Waals surface area contributed by atoms with Crippen molar-refractivity contribution in [3.63, 3.8) is 0 Å². The van der Waals surface area contributed by atoms with E-state index in [9.17, 15) is 23.4 Å². The van der Waals surface area contributed by atoms with Gasteiger partial charge in [0.05, 0.1) is 27.7 Å². The van der Waals surface area contributed by atoms with Crippen LogP contribution >= 0.6 is 11.3 Å². The Labute approximate surface area is 237 Å². The molecular weight excluding hydrogens is 558 g/mol. The van der Waals surface area contributed by atoms with Gasteiger partial charge < -0.3 is 29.7 Å². The molecule has 0 bridgehead atoms. The molecule has 1 aliphatic rings. The van der Waals surface area contributed by atoms with E-state index in [1.807, 2.05) is 26.2 Å². The third kappa shape index (κ3) is 7.62. The zero-order chi connectivity index (χ0) is 28.9. The SMILES string of the molecule is Cc1nc(COc2ccc(C[C@@H](NC(=O)O)[C@H](O)CN(CC(C)C)S(=O)(=O)c3ccc4c(c3)OCO4)cc2)cs1. The van der Waals surface area contributed by atoms with E-state index in [0.717, 1.165) is 16.3 Å². The molecule has 13 heteroatoms. The zero-order valence-electron chi connectivity index (χ0n) is 22.4. The molecule has 11 nitrogen and oxygen atoms in total. The van der Waals surface area contributed by atoms with E-state index in [1.54, 1.807) is 35.6 Å². The van der Waals surface area contributed by atoms with Crippen LogP contribution in [0.2, 0.25) is 0 Å². The number of carboxylic acid groups (broad SMARTS) is 1. The van der Waals surface area contributed by atoms with Crippen LogP contribution < -0.4 is 19.5 Å². The predicted octanol–water partition coefficient (Wildman–Crippen LogP) is 3.65. The minimum atomic E-state index is -4.04. The largest absolute Gasteiger partial charge is 0.487 e. The van der Waals surface area contributed by atoms with Gasteiger partial charge in [0.25, 0.3) is 0 Å². The number of hydrogen-bond donors (Lipinski definition) is 3. The Kier molecular flexibility index (Phi) is 9.51. The first kappa shape index (κ1) is 29.6. The summed E-state index contributed by atoms with van der Waals surface area (Å²) in [6.07, 6.45) is -2.52. The Morgan fingerprint density at radius 3 is 2.52 bits per heavy atom. The summed E-state index contributed by atoms with van der Waals surface area (Å²) in [6.45, 7) is 5.80. The summed E-state index contributed by atoms with van der Waals surface area (Å²) in [5, 5.41) is 25.8. The molecule has 3 N–H and O–H groups in total. The van der Waals surface area contributed by atoms with Gasteiger partial charge >= 0.3 is 6.09 Å². The van der Waals surface area contributed by atoms with E-state index < -0.39 is 28.3 Å². The lowest BCUT2D eigenvalue weighted by atomic mass is 10.0. The minimum Gasteiger partial charge on any atom is -0.487 e. The molecule has 0 spiro atoms. The molecule has 2 aromatic carbocycles. The number of sulfonamides is 1. The number of aromatic nitrogens is 1. The van der Waals surface area contributed by atoms with Gasteiger partial charge in [0.1, 0.15) is 12.4 Å². The van der Waals surface area contributed by atoms with Gasteiger partial charge in [-0.1, -0.05) is 26.0 Å². The number of fused-ring (bicyclic) bond motifs is 1. The van der Waals surface area contributed by atoms with Crippen molar-refractivity contribution in [2.75, 3.05) is 19.9 Å². The average molecular weight is 592 g/mol. The molecule has 0 aliphatic carbocycles. The second kappa shape index (κ2) is 12.9. The number of amides is 1. The van der Waals surface area contributed by atoms with Gasteiger partial charge in [0.2, 0.25) is 16.8 Å². The fraction of sp³-hybridized carbons (Fsp3) is 0.407. The second-order valence-corrected chi connectivity index (χ2v) is 12.8. The van der Waals surface area contributed by atoms with Crippen molar-refractivity contribution < 1.29 is 37.6 Å². The van der Waals surface area contributed by atoms with Gasteiger partial charge in [0, 0.05) is 24.5 Å². The average Bonchev–Trinajstić information content (AvgIpc) is 3.55. The van der Waals surface area contributed by atoms with E-state index in [4.69, 9.17) is 14.2 Å². The first-order valence-electron chi connectivity index (χ1n) is 12.7. The summed E-state index contributed by atoms with van der Waals surface area (Å²) in [7, 11) is -4.04. The van der Waals surface area contributed by atoms with Crippen molar-refractivity contribution in [1.82, 2.24) is 14.6 Å². The van der Waals surface area contributed by atoms with Crippen LogP contribution in [0.25, 0.3) is 0 Å². The first-order chi connectivity index (χ1) is 19.0. The molecule has 40 heavy (non-hydrogen) atoms. The standard InChI is InChI=1S/C27H33N3O8S2/c1-17(2)12-30(40(34,35)22-8-9-25-26(11-22)38-16-37-25)13-24(31)23(29-27(32)33)10-19-4-6-21(7-5-19)36-14-20-15-39-18(3)28-20/h4-9,11,15,17,23-24,29,31H,10,12-14,16H2,1-3H3,(H,32,33)/t23-,24-/m1/s1. The predicted molar refractivity (Wildman–Crippen MR) is 148 cm³/mol. The van der Waals surface area contributed by atoms with Crippen molar-refractivity contribution >= 4 is 27.5 Å². The minimum absolute atomic E-state index is 0.00394. The highest BCUT2D eigenvalue weighted by Gasteiger charge is 2.32. The molecule has 0 radical (unpaired) electrons. The van der Waals surface area contributed by atoms with Crippen LogP contribution in [-0.4, -0.2) is 66.0 Å². The fourth-order valence-electron chi connectivity index (χ4n) is 4.25. The maximum atomic E-state index is 13.6. The van der Waals surface area contributed by atoms with Crippen LogP contribution in [0.4, 0.5) is 4.79 Å². The number of thiazole rings is 1. The molecule has 2 atom stereocenters. The molecule has 0 unspecified atom stereocenters. The number of aliphatic hydroxyl groups is 1. The molecule has 0 fully saturated rings. The molecule has 3 aromatic rings. The monoisotopic (exact) mass is 591 g/mol. The van der Waals surface area contributed by atoms with Crippen molar-refractivity contribution in [3.05, 3.63) is 64.1 Å². The molecule has 0 saturated heterocycles. The number of nitrogens with zero attached hydrogens (tertiary/aromatic N) is 2. The van der Waals surface area contributed by atoms with Crippen molar-refractivity contribution in [3.8, 4) is 17.2 Å². The lowest BCUT2D eigenvalue weighted by molar-refractivity contribution is 0.0980. The van der Waals surface area contributed by atoms with Crippen LogP contribution in [0, 0.1) is 12.8 Å². The van der Waals surface area contributed by atoms with E-state index in [1.165, 1.54) is 22.5 Å². The van der Waals surface area contributed by atoms with Gasteiger partial charge in [-0.25, -0.2) is 18.2 Å². The van der Waals surface area contributed by atoms with Crippen LogP contribution in [0.3, 0.4) is 0 Å². The van der Waals surface area contributed by atoms with Crippen LogP contribution in [0.5, 0.6) is 17.2 Å². The number of aliphatic hydroxyl groups excluding tert-OH is 1. The number of hydrogen-bond acceptors (Lipinski definition) is 9. The highest BCUT2D eigenvalue weighted by Crippen LogP contribution is 2.35. The highest BCUT2D eigenvalue weighted by atomic mass is 32.2. The van der Waals surface area contributed by atoms with Gasteiger partial charge in [-0.15, -0.1) is 11.3 Å². The number of ether oxygens (including phenoxy) is 3. The Hall–Kier alpha value is -3.39. The number of nitrogens with one attached hydrogen (secondary N) is 1. The highest BCUT2D eigenvalue weighted by molar-refractivity contribution is 7.89. The number of aryl methyl sites for hydroxylation is 1. The Balaban J connectivity index is 1.46. The van der Waals surface area contributed by atoms with Crippen LogP contribution in [0.15, 0.2) is 52.7 Å². The van der Waals surface area contributed by atoms with Crippen molar-refractivity contribution in [2.45, 2.75) is 50.8 Å². The first-order valence-corrected chi connectivity index (χ1v) is 15.0. The fourth-order valence-corrected chi connectivity index (χ4v) is 6.48. The lowest BCUT2D eigenvalue weighted by Crippen LogP contribution is -2.50. The molecule has 2 heterocycles. The zero-order valence-corrected chi connectivity index (χ0v) is 24.1. The summed E-state index contributed by atoms with van der Waals surface area (Å²) < 4.78 is 44.7. The quantitative estimate of drug-likeness (QED) is 0.271. The van der Waals surface area contributed by atoms with E-state index in [-0.39, 0.29) is 37.1 Å². The van der Waals surface area contributed by atoms with Crippen molar-refractivity contribution in [1.29, 1.82) is 0 Å². The second-order valence-electron chi connectivity index (χ2n) is 9.85. The number of benzene rings is 2. The molecule has 216 valence electrons. The Morgan fingerprint density at radius 1 is 1.15 bits per heavy atom. The lowest BCUT2D eigenvalue weighted by Gasteiger charge is -2.30. The van der Waals surface area contributed by atoms with Gasteiger partial charge in [-0.3, -0.25) is 0 Å². The Bertz CT molecular complexity index is 1410. The maximum absolute atomic E-state index is 13.6. The summed E-state index contributed by atoms with van der Waals surface area (Å²) >= 11 is 1.55. The van der Waals surface area contributed by atoms with Crippen molar-refractivity contribution in [2.24, 2.45) is 5.92 Å². The molecule has 1 aromatic heterocycles. The number of carbonyl (C=O) groups is 1. The van der Waals surface area contributed by atoms with E-state index in [2.05, 4.69) is 10.3 Å². The van der Waals surface area contributed by atoms with Gasteiger partial charge in [-0.05, 0) is 49.1 Å². The van der Waals surface area contributed by atoms with Crippen LogP contribution in [-0.2, 0) is 23.1 Å². The topological polar surface area (TPSA) is 148 Å². The molecule has 1 aliphatic heterocycles. The summed E-state index contributed by atoms with van der Waals surface area (Å²) in [6, 6.07) is 10.4. The van der Waals surface area contributed by atoms with Crippen LogP contribution in [0.1, 0.15) is 30.1 Å². The molecule has 1 amide bonds. The number of rotatable bonds is 13. The van der Waals surface area contributed by atoms with Gasteiger partial charge in [0.15, 0.2) is 11.5 Å².